The van der Waals surface area contributed by atoms with Gasteiger partial charge in [0, 0.05) is 37.1 Å². The quantitative estimate of drug-likeness (QED) is 0.774. The Morgan fingerprint density at radius 1 is 1.40 bits per heavy atom. The maximum Gasteiger partial charge on any atom is 0.255 e. The summed E-state index contributed by atoms with van der Waals surface area (Å²) in [5, 5.41) is 5.02. The number of hydrogen-bond acceptors (Lipinski definition) is 6. The van der Waals surface area contributed by atoms with E-state index in [-0.39, 0.29) is 11.9 Å². The van der Waals surface area contributed by atoms with E-state index in [0.717, 1.165) is 23.7 Å². The Hall–Kier alpha value is -2.45. The van der Waals surface area contributed by atoms with E-state index in [9.17, 15) is 4.79 Å². The van der Waals surface area contributed by atoms with Gasteiger partial charge in [0.2, 0.25) is 0 Å². The number of aromatic nitrogens is 3. The molecule has 4 heterocycles. The molecule has 1 fully saturated rings. The second-order valence-electron chi connectivity index (χ2n) is 5.93. The monoisotopic (exact) mass is 357 g/mol. The number of rotatable bonds is 4. The lowest BCUT2D eigenvalue weighted by Gasteiger charge is -2.29. The predicted octanol–water partition coefficient (Wildman–Crippen LogP) is 2.12. The van der Waals surface area contributed by atoms with Crippen molar-refractivity contribution in [3.05, 3.63) is 47.4 Å². The van der Waals surface area contributed by atoms with Gasteiger partial charge in [-0.1, -0.05) is 0 Å². The second-order valence-corrected chi connectivity index (χ2v) is 6.80. The summed E-state index contributed by atoms with van der Waals surface area (Å²) in [6.07, 6.45) is 5.63. The SMILES string of the molecule is C[C@@H](NC(=O)c1cccnc1N1CCOCC1)c1cn2ccsc2n1. The number of thiazole rings is 1. The number of morpholine rings is 1. The lowest BCUT2D eigenvalue weighted by atomic mass is 10.2. The standard InChI is InChI=1S/C17H19N5O2S/c1-12(14-11-22-7-10-25-17(22)20-14)19-16(23)13-3-2-4-18-15(13)21-5-8-24-9-6-21/h2-4,7,10-12H,5-6,8-9H2,1H3,(H,19,23)/t12-/m1/s1. The molecule has 25 heavy (non-hydrogen) atoms. The molecule has 130 valence electrons. The van der Waals surface area contributed by atoms with E-state index in [1.54, 1.807) is 23.6 Å². The van der Waals surface area contributed by atoms with Crippen molar-refractivity contribution in [2.75, 3.05) is 31.2 Å². The Labute approximate surface area is 149 Å². The van der Waals surface area contributed by atoms with Crippen molar-refractivity contribution < 1.29 is 9.53 Å². The summed E-state index contributed by atoms with van der Waals surface area (Å²) in [6, 6.07) is 3.42. The maximum atomic E-state index is 12.8. The number of anilines is 1. The number of nitrogens with zero attached hydrogens (tertiary/aromatic N) is 4. The van der Waals surface area contributed by atoms with Crippen LogP contribution in [0.25, 0.3) is 4.96 Å². The van der Waals surface area contributed by atoms with Gasteiger partial charge < -0.3 is 15.0 Å². The smallest absolute Gasteiger partial charge is 0.255 e. The fourth-order valence-corrected chi connectivity index (χ4v) is 3.61. The third-order valence-electron chi connectivity index (χ3n) is 4.25. The van der Waals surface area contributed by atoms with Gasteiger partial charge >= 0.3 is 0 Å². The Morgan fingerprint density at radius 3 is 3.04 bits per heavy atom. The molecular weight excluding hydrogens is 338 g/mol. The molecule has 8 heteroatoms. The van der Waals surface area contributed by atoms with Crippen molar-refractivity contribution in [2.24, 2.45) is 0 Å². The van der Waals surface area contributed by atoms with Gasteiger partial charge in [0.1, 0.15) is 5.82 Å². The minimum absolute atomic E-state index is 0.140. The van der Waals surface area contributed by atoms with Gasteiger partial charge in [-0.2, -0.15) is 0 Å². The largest absolute Gasteiger partial charge is 0.378 e. The first kappa shape index (κ1) is 16.0. The van der Waals surface area contributed by atoms with Crippen molar-refractivity contribution in [2.45, 2.75) is 13.0 Å². The second kappa shape index (κ2) is 6.81. The summed E-state index contributed by atoms with van der Waals surface area (Å²) < 4.78 is 7.35. The van der Waals surface area contributed by atoms with E-state index >= 15 is 0 Å². The number of imidazole rings is 1. The molecule has 0 saturated carbocycles. The normalized spacial score (nSPS) is 16.1. The minimum atomic E-state index is -0.183. The van der Waals surface area contributed by atoms with Crippen LogP contribution in [0.1, 0.15) is 29.0 Å². The molecule has 0 aliphatic carbocycles. The number of amides is 1. The van der Waals surface area contributed by atoms with Crippen LogP contribution in [-0.2, 0) is 4.74 Å². The van der Waals surface area contributed by atoms with Crippen molar-refractivity contribution >= 4 is 28.0 Å². The van der Waals surface area contributed by atoms with Gasteiger partial charge in [-0.15, -0.1) is 11.3 Å². The molecule has 3 aromatic rings. The summed E-state index contributed by atoms with van der Waals surface area (Å²) in [5.74, 6) is 0.569. The van der Waals surface area contributed by atoms with E-state index in [1.165, 1.54) is 0 Å². The topological polar surface area (TPSA) is 71.8 Å². The fourth-order valence-electron chi connectivity index (χ4n) is 2.90. The first-order chi connectivity index (χ1) is 12.2. The van der Waals surface area contributed by atoms with Gasteiger partial charge in [0.25, 0.3) is 5.91 Å². The van der Waals surface area contributed by atoms with Gasteiger partial charge in [-0.3, -0.25) is 9.20 Å². The molecule has 0 spiro atoms. The van der Waals surface area contributed by atoms with Crippen molar-refractivity contribution in [3.8, 4) is 0 Å². The van der Waals surface area contributed by atoms with E-state index < -0.39 is 0 Å². The third kappa shape index (κ3) is 3.22. The summed E-state index contributed by atoms with van der Waals surface area (Å²) >= 11 is 1.57. The molecule has 0 bridgehead atoms. The Balaban J connectivity index is 1.53. The fraction of sp³-hybridized carbons (Fsp3) is 0.353. The first-order valence-electron chi connectivity index (χ1n) is 8.23. The molecule has 1 amide bonds. The number of carbonyl (C=O) groups is 1. The van der Waals surface area contributed by atoms with Crippen molar-refractivity contribution in [3.63, 3.8) is 0 Å². The van der Waals surface area contributed by atoms with Crippen LogP contribution in [0.4, 0.5) is 5.82 Å². The average Bonchev–Trinajstić information content (AvgIpc) is 3.24. The predicted molar refractivity (Wildman–Crippen MR) is 96.2 cm³/mol. The van der Waals surface area contributed by atoms with Gasteiger partial charge in [-0.05, 0) is 19.1 Å². The molecule has 7 nitrogen and oxygen atoms in total. The molecule has 0 aromatic carbocycles. The van der Waals surface area contributed by atoms with E-state index in [4.69, 9.17) is 4.74 Å². The van der Waals surface area contributed by atoms with Crippen molar-refractivity contribution in [1.29, 1.82) is 0 Å². The number of nitrogens with one attached hydrogen (secondary N) is 1. The highest BCUT2D eigenvalue weighted by Crippen LogP contribution is 2.21. The van der Waals surface area contributed by atoms with Crippen LogP contribution in [0.15, 0.2) is 36.1 Å². The number of fused-ring (bicyclic) bond motifs is 1. The van der Waals surface area contributed by atoms with Gasteiger partial charge in [0.15, 0.2) is 4.96 Å². The Bertz CT molecular complexity index is 855. The molecule has 4 rings (SSSR count). The summed E-state index contributed by atoms with van der Waals surface area (Å²) in [4.78, 5) is 24.8. The van der Waals surface area contributed by atoms with E-state index in [0.29, 0.717) is 24.6 Å². The summed E-state index contributed by atoms with van der Waals surface area (Å²) in [5.41, 5.74) is 1.43. The van der Waals surface area contributed by atoms with Crippen LogP contribution >= 0.6 is 11.3 Å². The molecule has 1 N–H and O–H groups in total. The molecule has 3 aromatic heterocycles. The zero-order valence-electron chi connectivity index (χ0n) is 13.9. The number of hydrogen-bond donors (Lipinski definition) is 1. The number of carbonyl (C=O) groups excluding carboxylic acids is 1. The highest BCUT2D eigenvalue weighted by molar-refractivity contribution is 7.15. The molecule has 1 atom stereocenters. The highest BCUT2D eigenvalue weighted by atomic mass is 32.1. The average molecular weight is 357 g/mol. The number of ether oxygens (including phenoxy) is 1. The summed E-state index contributed by atoms with van der Waals surface area (Å²) in [6.45, 7) is 4.72. The Morgan fingerprint density at radius 2 is 2.24 bits per heavy atom. The van der Waals surface area contributed by atoms with Crippen LogP contribution in [0, 0.1) is 0 Å². The maximum absolute atomic E-state index is 12.8. The first-order valence-corrected chi connectivity index (χ1v) is 9.11. The van der Waals surface area contributed by atoms with Gasteiger partial charge in [-0.25, -0.2) is 9.97 Å². The molecule has 1 saturated heterocycles. The number of pyridine rings is 1. The lowest BCUT2D eigenvalue weighted by molar-refractivity contribution is 0.0937. The lowest BCUT2D eigenvalue weighted by Crippen LogP contribution is -2.38. The van der Waals surface area contributed by atoms with E-state index in [1.807, 2.05) is 35.2 Å². The third-order valence-corrected chi connectivity index (χ3v) is 5.02. The Kier molecular flexibility index (Phi) is 4.37. The minimum Gasteiger partial charge on any atom is -0.378 e. The van der Waals surface area contributed by atoms with Gasteiger partial charge in [0.05, 0.1) is 30.5 Å². The molecule has 1 aliphatic heterocycles. The van der Waals surface area contributed by atoms with Crippen molar-refractivity contribution in [1.82, 2.24) is 19.7 Å². The van der Waals surface area contributed by atoms with Crippen LogP contribution in [0.3, 0.4) is 0 Å². The zero-order chi connectivity index (χ0) is 17.2. The molecular formula is C17H19N5O2S. The van der Waals surface area contributed by atoms with Crippen LogP contribution in [-0.4, -0.2) is 46.6 Å². The van der Waals surface area contributed by atoms with Crippen LogP contribution in [0.2, 0.25) is 0 Å². The molecule has 0 radical (unpaired) electrons. The summed E-state index contributed by atoms with van der Waals surface area (Å²) in [7, 11) is 0. The van der Waals surface area contributed by atoms with E-state index in [2.05, 4.69) is 20.2 Å². The highest BCUT2D eigenvalue weighted by Gasteiger charge is 2.22. The zero-order valence-corrected chi connectivity index (χ0v) is 14.7. The van der Waals surface area contributed by atoms with Crippen LogP contribution < -0.4 is 10.2 Å². The van der Waals surface area contributed by atoms with Crippen LogP contribution in [0.5, 0.6) is 0 Å². The molecule has 0 unspecified atom stereocenters. The molecule has 1 aliphatic rings.